The highest BCUT2D eigenvalue weighted by Gasteiger charge is 2.18. The van der Waals surface area contributed by atoms with Crippen LogP contribution < -0.4 is 5.73 Å². The SMILES string of the molecule is Nc1nc(-c2cn(SI)c3c(F)cc(F)cc23)ncc1F. The van der Waals surface area contributed by atoms with Crippen LogP contribution in [0.25, 0.3) is 22.3 Å². The van der Waals surface area contributed by atoms with Gasteiger partial charge in [-0.05, 0) is 6.07 Å². The minimum atomic E-state index is -0.747. The standard InChI is InChI=1S/C12H6F3IN4S/c13-5-1-6-7(12-18-3-9(15)11(17)19-12)4-20(21-16)10(6)8(14)2-5/h1-4H,(H2,17,18,19). The van der Waals surface area contributed by atoms with Gasteiger partial charge in [-0.2, -0.15) is 0 Å². The molecular formula is C12H6F3IN4S. The topological polar surface area (TPSA) is 56.7 Å². The Morgan fingerprint density at radius 1 is 1.19 bits per heavy atom. The van der Waals surface area contributed by atoms with Crippen molar-refractivity contribution in [1.29, 1.82) is 0 Å². The van der Waals surface area contributed by atoms with Crippen LogP contribution in [0.5, 0.6) is 0 Å². The number of nitrogen functional groups attached to an aromatic ring is 1. The zero-order chi connectivity index (χ0) is 15.1. The first kappa shape index (κ1) is 14.4. The van der Waals surface area contributed by atoms with Crippen molar-refractivity contribution in [2.75, 3.05) is 5.73 Å². The van der Waals surface area contributed by atoms with Gasteiger partial charge in [-0.1, -0.05) is 0 Å². The molecule has 1 aromatic carbocycles. The lowest BCUT2D eigenvalue weighted by atomic mass is 10.1. The van der Waals surface area contributed by atoms with Gasteiger partial charge in [-0.15, -0.1) is 0 Å². The lowest BCUT2D eigenvalue weighted by molar-refractivity contribution is 0.590. The van der Waals surface area contributed by atoms with Crippen molar-refractivity contribution in [3.05, 3.63) is 42.0 Å². The largest absolute Gasteiger partial charge is 0.381 e. The molecule has 4 nitrogen and oxygen atoms in total. The molecule has 2 heterocycles. The molecule has 3 rings (SSSR count). The summed E-state index contributed by atoms with van der Waals surface area (Å²) >= 11 is 1.97. The summed E-state index contributed by atoms with van der Waals surface area (Å²) in [5, 5.41) is 0.294. The number of halogens is 4. The Balaban J connectivity index is 2.34. The normalized spacial score (nSPS) is 11.2. The molecule has 0 radical (unpaired) electrons. The first-order valence-electron chi connectivity index (χ1n) is 5.59. The zero-order valence-corrected chi connectivity index (χ0v) is 13.1. The third-order valence-electron chi connectivity index (χ3n) is 2.87. The second-order valence-corrected chi connectivity index (χ2v) is 5.86. The molecule has 0 atom stereocenters. The van der Waals surface area contributed by atoms with E-state index in [1.807, 2.05) is 21.2 Å². The van der Waals surface area contributed by atoms with Crippen LogP contribution in [0.1, 0.15) is 0 Å². The third kappa shape index (κ3) is 2.44. The molecule has 0 saturated carbocycles. The van der Waals surface area contributed by atoms with Gasteiger partial charge in [-0.25, -0.2) is 23.1 Å². The van der Waals surface area contributed by atoms with Gasteiger partial charge in [0.1, 0.15) is 5.82 Å². The fourth-order valence-electron chi connectivity index (χ4n) is 1.99. The summed E-state index contributed by atoms with van der Waals surface area (Å²) in [6, 6.07) is 1.98. The highest BCUT2D eigenvalue weighted by molar-refractivity contribution is 14.2. The van der Waals surface area contributed by atoms with E-state index < -0.39 is 17.5 Å². The molecule has 0 unspecified atom stereocenters. The average molecular weight is 422 g/mol. The summed E-state index contributed by atoms with van der Waals surface area (Å²) in [6.07, 6.45) is 2.48. The van der Waals surface area contributed by atoms with Crippen LogP contribution in [0.15, 0.2) is 24.5 Å². The predicted molar refractivity (Wildman–Crippen MR) is 84.3 cm³/mol. The molecule has 0 bridgehead atoms. The van der Waals surface area contributed by atoms with Crippen LogP contribution in [-0.2, 0) is 0 Å². The Kier molecular flexibility index (Phi) is 3.69. The van der Waals surface area contributed by atoms with Gasteiger partial charge < -0.3 is 5.73 Å². The van der Waals surface area contributed by atoms with E-state index in [1.165, 1.54) is 19.2 Å². The first-order valence-corrected chi connectivity index (χ1v) is 8.90. The number of fused-ring (bicyclic) bond motifs is 1. The molecule has 3 aromatic rings. The second-order valence-electron chi connectivity index (χ2n) is 4.15. The van der Waals surface area contributed by atoms with E-state index in [2.05, 4.69) is 9.97 Å². The number of hydrogen-bond acceptors (Lipinski definition) is 4. The summed E-state index contributed by atoms with van der Waals surface area (Å²) in [7, 11) is 1.20. The molecule has 2 aromatic heterocycles. The van der Waals surface area contributed by atoms with Gasteiger partial charge in [0.05, 0.1) is 11.7 Å². The molecule has 0 aliphatic heterocycles. The van der Waals surface area contributed by atoms with Gasteiger partial charge >= 0.3 is 0 Å². The monoisotopic (exact) mass is 422 g/mol. The number of nitrogens with zero attached hydrogens (tertiary/aromatic N) is 3. The summed E-state index contributed by atoms with van der Waals surface area (Å²) < 4.78 is 42.1. The van der Waals surface area contributed by atoms with Crippen molar-refractivity contribution in [3.8, 4) is 11.4 Å². The molecule has 9 heteroatoms. The lowest BCUT2D eigenvalue weighted by Crippen LogP contribution is -1.98. The number of aromatic nitrogens is 3. The highest BCUT2D eigenvalue weighted by Crippen LogP contribution is 2.35. The Hall–Kier alpha value is -1.49. The van der Waals surface area contributed by atoms with Crippen molar-refractivity contribution in [2.24, 2.45) is 0 Å². The van der Waals surface area contributed by atoms with Gasteiger partial charge in [0.2, 0.25) is 0 Å². The highest BCUT2D eigenvalue weighted by atomic mass is 127. The number of nitrogens with two attached hydrogens (primary N) is 1. The molecule has 0 saturated heterocycles. The van der Waals surface area contributed by atoms with Crippen LogP contribution in [0, 0.1) is 17.5 Å². The van der Waals surface area contributed by atoms with E-state index in [0.29, 0.717) is 10.9 Å². The van der Waals surface area contributed by atoms with Crippen LogP contribution in [0.4, 0.5) is 19.0 Å². The molecule has 0 aliphatic rings. The fourth-order valence-corrected chi connectivity index (χ4v) is 3.32. The van der Waals surface area contributed by atoms with E-state index in [9.17, 15) is 13.2 Å². The van der Waals surface area contributed by atoms with Crippen LogP contribution in [0.3, 0.4) is 0 Å². The number of rotatable bonds is 2. The van der Waals surface area contributed by atoms with Gasteiger partial charge in [-0.3, -0.25) is 3.97 Å². The Morgan fingerprint density at radius 2 is 1.95 bits per heavy atom. The molecule has 2 N–H and O–H groups in total. The predicted octanol–water partition coefficient (Wildman–Crippen LogP) is 3.94. The second kappa shape index (κ2) is 5.37. The Morgan fingerprint density at radius 3 is 2.62 bits per heavy atom. The minimum Gasteiger partial charge on any atom is -0.381 e. The van der Waals surface area contributed by atoms with E-state index in [-0.39, 0.29) is 17.2 Å². The Bertz CT molecular complexity index is 852. The first-order chi connectivity index (χ1) is 10.0. The number of benzene rings is 1. The van der Waals surface area contributed by atoms with E-state index in [4.69, 9.17) is 5.73 Å². The molecule has 0 fully saturated rings. The molecule has 0 amide bonds. The number of hydrogen-bond donors (Lipinski definition) is 1. The fraction of sp³-hybridized carbons (Fsp3) is 0. The van der Waals surface area contributed by atoms with Crippen molar-refractivity contribution < 1.29 is 13.2 Å². The van der Waals surface area contributed by atoms with Crippen molar-refractivity contribution in [1.82, 2.24) is 13.9 Å². The summed E-state index contributed by atoms with van der Waals surface area (Å²) in [5.74, 6) is -2.38. The zero-order valence-electron chi connectivity index (χ0n) is 10.1. The molecule has 0 aliphatic carbocycles. The molecular weight excluding hydrogens is 416 g/mol. The van der Waals surface area contributed by atoms with E-state index >= 15 is 0 Å². The van der Waals surface area contributed by atoms with Gasteiger partial charge in [0.15, 0.2) is 23.3 Å². The van der Waals surface area contributed by atoms with E-state index in [0.717, 1.165) is 12.3 Å². The van der Waals surface area contributed by atoms with Crippen LogP contribution in [-0.4, -0.2) is 13.9 Å². The maximum Gasteiger partial charge on any atom is 0.183 e. The Labute approximate surface area is 133 Å². The number of anilines is 1. The third-order valence-corrected chi connectivity index (χ3v) is 4.58. The summed E-state index contributed by atoms with van der Waals surface area (Å²) in [6.45, 7) is 0. The van der Waals surface area contributed by atoms with Crippen LogP contribution in [0.2, 0.25) is 0 Å². The maximum absolute atomic E-state index is 14.0. The molecule has 0 spiro atoms. The van der Waals surface area contributed by atoms with Crippen molar-refractivity contribution in [2.45, 2.75) is 0 Å². The lowest BCUT2D eigenvalue weighted by Gasteiger charge is -2.01. The summed E-state index contributed by atoms with van der Waals surface area (Å²) in [4.78, 5) is 7.65. The van der Waals surface area contributed by atoms with E-state index in [1.54, 1.807) is 6.20 Å². The summed E-state index contributed by atoms with van der Waals surface area (Å²) in [5.41, 5.74) is 5.99. The maximum atomic E-state index is 14.0. The van der Waals surface area contributed by atoms with Crippen molar-refractivity contribution in [3.63, 3.8) is 0 Å². The smallest absolute Gasteiger partial charge is 0.183 e. The minimum absolute atomic E-state index is 0.105. The van der Waals surface area contributed by atoms with Gasteiger partial charge in [0, 0.05) is 53.5 Å². The molecule has 108 valence electrons. The van der Waals surface area contributed by atoms with Gasteiger partial charge in [0.25, 0.3) is 0 Å². The molecule has 21 heavy (non-hydrogen) atoms. The van der Waals surface area contributed by atoms with Crippen LogP contribution >= 0.6 is 30.3 Å². The quantitative estimate of drug-likeness (QED) is 0.636. The average Bonchev–Trinajstić information content (AvgIpc) is 2.80. The van der Waals surface area contributed by atoms with Crippen molar-refractivity contribution >= 4 is 47.0 Å².